The topological polar surface area (TPSA) is 32.7 Å². The van der Waals surface area contributed by atoms with Gasteiger partial charge in [-0.05, 0) is 31.5 Å². The van der Waals surface area contributed by atoms with Crippen LogP contribution in [0.15, 0.2) is 30.3 Å². The molecular formula is C16H25NO2. The highest BCUT2D eigenvalue weighted by Gasteiger charge is 2.10. The van der Waals surface area contributed by atoms with Crippen LogP contribution in [-0.4, -0.2) is 42.9 Å². The summed E-state index contributed by atoms with van der Waals surface area (Å²) in [6, 6.07) is 9.70. The Labute approximate surface area is 116 Å². The molecule has 2 rings (SSSR count). The number of nitrogens with zero attached hydrogens (tertiary/aromatic N) is 1. The van der Waals surface area contributed by atoms with Crippen molar-refractivity contribution in [3.8, 4) is 0 Å². The molecule has 1 aromatic rings. The molecule has 0 aliphatic carbocycles. The minimum atomic E-state index is -0.509. The number of rotatable bonds is 6. The van der Waals surface area contributed by atoms with Crippen LogP contribution in [0, 0.1) is 0 Å². The largest absolute Gasteiger partial charge is 0.386 e. The SMILES string of the molecule is OC(COCCN1CCCCCC1)c1ccccc1. The molecule has 3 heteroatoms. The van der Waals surface area contributed by atoms with Crippen molar-refractivity contribution in [2.75, 3.05) is 32.8 Å². The van der Waals surface area contributed by atoms with Gasteiger partial charge in [-0.25, -0.2) is 0 Å². The standard InChI is InChI=1S/C16H25NO2/c18-16(15-8-4-3-5-9-15)14-19-13-12-17-10-6-1-2-7-11-17/h3-5,8-9,16,18H,1-2,6-7,10-14H2. The molecule has 3 nitrogen and oxygen atoms in total. The zero-order valence-corrected chi connectivity index (χ0v) is 11.6. The smallest absolute Gasteiger partial charge is 0.102 e. The molecule has 0 bridgehead atoms. The van der Waals surface area contributed by atoms with E-state index >= 15 is 0 Å². The fourth-order valence-corrected chi connectivity index (χ4v) is 2.52. The average molecular weight is 263 g/mol. The van der Waals surface area contributed by atoms with Crippen LogP contribution >= 0.6 is 0 Å². The van der Waals surface area contributed by atoms with Crippen LogP contribution in [0.25, 0.3) is 0 Å². The second-order valence-corrected chi connectivity index (χ2v) is 5.26. The van der Waals surface area contributed by atoms with Gasteiger partial charge in [0.05, 0.1) is 13.2 Å². The Balaban J connectivity index is 1.61. The first kappa shape index (κ1) is 14.5. The van der Waals surface area contributed by atoms with Gasteiger partial charge >= 0.3 is 0 Å². The lowest BCUT2D eigenvalue weighted by molar-refractivity contribution is 0.0267. The fraction of sp³-hybridized carbons (Fsp3) is 0.625. The third-order valence-corrected chi connectivity index (χ3v) is 3.71. The summed E-state index contributed by atoms with van der Waals surface area (Å²) in [6.07, 6.45) is 4.85. The van der Waals surface area contributed by atoms with Crippen LogP contribution in [0.2, 0.25) is 0 Å². The van der Waals surface area contributed by atoms with Crippen molar-refractivity contribution in [3.05, 3.63) is 35.9 Å². The summed E-state index contributed by atoms with van der Waals surface area (Å²) in [4.78, 5) is 2.47. The molecule has 0 saturated carbocycles. The van der Waals surface area contributed by atoms with Gasteiger partial charge in [-0.1, -0.05) is 43.2 Å². The molecule has 106 valence electrons. The Morgan fingerprint density at radius 2 is 1.74 bits per heavy atom. The van der Waals surface area contributed by atoms with E-state index in [1.165, 1.54) is 38.8 Å². The van der Waals surface area contributed by atoms with Crippen molar-refractivity contribution < 1.29 is 9.84 Å². The Bertz CT molecular complexity index is 334. The second-order valence-electron chi connectivity index (χ2n) is 5.26. The van der Waals surface area contributed by atoms with Gasteiger partial charge in [-0.2, -0.15) is 0 Å². The maximum Gasteiger partial charge on any atom is 0.102 e. The number of hydrogen-bond acceptors (Lipinski definition) is 3. The zero-order valence-electron chi connectivity index (χ0n) is 11.6. The fourth-order valence-electron chi connectivity index (χ4n) is 2.52. The van der Waals surface area contributed by atoms with E-state index in [1.54, 1.807) is 0 Å². The van der Waals surface area contributed by atoms with Gasteiger partial charge in [0.2, 0.25) is 0 Å². The van der Waals surface area contributed by atoms with Crippen LogP contribution in [0.1, 0.15) is 37.4 Å². The van der Waals surface area contributed by atoms with Crippen molar-refractivity contribution in [2.45, 2.75) is 31.8 Å². The number of likely N-dealkylation sites (tertiary alicyclic amines) is 1. The lowest BCUT2D eigenvalue weighted by atomic mass is 10.1. The molecule has 19 heavy (non-hydrogen) atoms. The van der Waals surface area contributed by atoms with Crippen LogP contribution in [0.3, 0.4) is 0 Å². The molecule has 1 unspecified atom stereocenters. The van der Waals surface area contributed by atoms with Crippen LogP contribution < -0.4 is 0 Å². The summed E-state index contributed by atoms with van der Waals surface area (Å²) in [6.45, 7) is 4.48. The monoisotopic (exact) mass is 263 g/mol. The summed E-state index contributed by atoms with van der Waals surface area (Å²) < 4.78 is 5.60. The molecule has 1 atom stereocenters. The lowest BCUT2D eigenvalue weighted by Gasteiger charge is -2.20. The maximum absolute atomic E-state index is 9.96. The van der Waals surface area contributed by atoms with E-state index in [2.05, 4.69) is 4.90 Å². The Morgan fingerprint density at radius 1 is 1.05 bits per heavy atom. The number of ether oxygens (including phenoxy) is 1. The third kappa shape index (κ3) is 5.31. The quantitative estimate of drug-likeness (QED) is 0.801. The minimum Gasteiger partial charge on any atom is -0.386 e. The van der Waals surface area contributed by atoms with E-state index in [-0.39, 0.29) is 0 Å². The highest BCUT2D eigenvalue weighted by molar-refractivity contribution is 5.17. The average Bonchev–Trinajstić information content (AvgIpc) is 2.73. The predicted molar refractivity (Wildman–Crippen MR) is 77.1 cm³/mol. The third-order valence-electron chi connectivity index (χ3n) is 3.71. The van der Waals surface area contributed by atoms with E-state index in [0.29, 0.717) is 13.2 Å². The van der Waals surface area contributed by atoms with Gasteiger partial charge in [0, 0.05) is 6.54 Å². The van der Waals surface area contributed by atoms with Crippen molar-refractivity contribution in [2.24, 2.45) is 0 Å². The molecule has 0 aromatic heterocycles. The highest BCUT2D eigenvalue weighted by Crippen LogP contribution is 2.12. The summed E-state index contributed by atoms with van der Waals surface area (Å²) in [5, 5.41) is 9.96. The number of hydrogen-bond donors (Lipinski definition) is 1. The summed E-state index contributed by atoms with van der Waals surface area (Å²) in [5.74, 6) is 0. The van der Waals surface area contributed by atoms with Gasteiger partial charge in [0.1, 0.15) is 6.10 Å². The first-order valence-corrected chi connectivity index (χ1v) is 7.39. The van der Waals surface area contributed by atoms with Crippen molar-refractivity contribution in [3.63, 3.8) is 0 Å². The van der Waals surface area contributed by atoms with Crippen molar-refractivity contribution in [1.82, 2.24) is 4.90 Å². The molecule has 0 radical (unpaired) electrons. The molecular weight excluding hydrogens is 238 g/mol. The van der Waals surface area contributed by atoms with Gasteiger partial charge in [0.15, 0.2) is 0 Å². The van der Waals surface area contributed by atoms with Crippen LogP contribution in [0.4, 0.5) is 0 Å². The van der Waals surface area contributed by atoms with E-state index in [1.807, 2.05) is 30.3 Å². The van der Waals surface area contributed by atoms with E-state index in [0.717, 1.165) is 12.1 Å². The van der Waals surface area contributed by atoms with Gasteiger partial charge in [0.25, 0.3) is 0 Å². The first-order valence-electron chi connectivity index (χ1n) is 7.39. The van der Waals surface area contributed by atoms with Crippen molar-refractivity contribution in [1.29, 1.82) is 0 Å². The number of benzene rings is 1. The summed E-state index contributed by atoms with van der Waals surface area (Å²) >= 11 is 0. The molecule has 1 saturated heterocycles. The highest BCUT2D eigenvalue weighted by atomic mass is 16.5. The van der Waals surface area contributed by atoms with E-state index in [9.17, 15) is 5.11 Å². The normalized spacial score (nSPS) is 19.0. The van der Waals surface area contributed by atoms with E-state index < -0.39 is 6.10 Å². The molecule has 1 heterocycles. The molecule has 1 N–H and O–H groups in total. The second kappa shape index (κ2) is 8.31. The van der Waals surface area contributed by atoms with Gasteiger partial charge in [-0.15, -0.1) is 0 Å². The number of aliphatic hydroxyl groups is 1. The van der Waals surface area contributed by atoms with Crippen molar-refractivity contribution >= 4 is 0 Å². The number of aliphatic hydroxyl groups excluding tert-OH is 1. The molecule has 1 aliphatic rings. The molecule has 0 spiro atoms. The summed E-state index contributed by atoms with van der Waals surface area (Å²) in [5.41, 5.74) is 0.928. The predicted octanol–water partition coefficient (Wildman–Crippen LogP) is 2.61. The molecule has 1 fully saturated rings. The maximum atomic E-state index is 9.96. The zero-order chi connectivity index (χ0) is 13.3. The Morgan fingerprint density at radius 3 is 2.42 bits per heavy atom. The van der Waals surface area contributed by atoms with Gasteiger partial charge < -0.3 is 14.7 Å². The minimum absolute atomic E-state index is 0.387. The first-order chi connectivity index (χ1) is 9.36. The Kier molecular flexibility index (Phi) is 6.34. The van der Waals surface area contributed by atoms with Crippen LogP contribution in [0.5, 0.6) is 0 Å². The lowest BCUT2D eigenvalue weighted by Crippen LogP contribution is -2.29. The van der Waals surface area contributed by atoms with E-state index in [4.69, 9.17) is 4.74 Å². The molecule has 1 aliphatic heterocycles. The summed E-state index contributed by atoms with van der Waals surface area (Å²) in [7, 11) is 0. The molecule has 1 aromatic carbocycles. The van der Waals surface area contributed by atoms with Gasteiger partial charge in [-0.3, -0.25) is 0 Å². The Hall–Kier alpha value is -0.900. The van der Waals surface area contributed by atoms with Crippen LogP contribution in [-0.2, 0) is 4.74 Å². The molecule has 0 amide bonds.